The Morgan fingerprint density at radius 3 is 2.48 bits per heavy atom. The number of hydrogen-bond donors (Lipinski definition) is 0. The molecule has 0 bridgehead atoms. The Hall–Kier alpha value is -2.52. The Kier molecular flexibility index (Phi) is 5.43. The van der Waals surface area contributed by atoms with Crippen molar-refractivity contribution in [1.29, 1.82) is 0 Å². The van der Waals surface area contributed by atoms with E-state index in [4.69, 9.17) is 0 Å². The fourth-order valence-corrected chi connectivity index (χ4v) is 4.72. The highest BCUT2D eigenvalue weighted by Crippen LogP contribution is 2.33. The van der Waals surface area contributed by atoms with Crippen LogP contribution >= 0.6 is 0 Å². The summed E-state index contributed by atoms with van der Waals surface area (Å²) in [5.41, 5.74) is 0.292. The van der Waals surface area contributed by atoms with Crippen molar-refractivity contribution < 1.29 is 17.7 Å². The van der Waals surface area contributed by atoms with Crippen LogP contribution in [0.1, 0.15) is 18.4 Å². The monoisotopic (exact) mass is 393 g/mol. The van der Waals surface area contributed by atoms with E-state index in [-0.39, 0.29) is 22.8 Å². The molecule has 1 fully saturated rings. The van der Waals surface area contributed by atoms with Crippen molar-refractivity contribution >= 4 is 21.4 Å². The molecule has 0 aromatic heterocycles. The quantitative estimate of drug-likeness (QED) is 0.556. The second-order valence-corrected chi connectivity index (χ2v) is 8.40. The molecule has 9 heteroatoms. The molecule has 0 radical (unpaired) electrons. The highest BCUT2D eigenvalue weighted by atomic mass is 32.2. The maximum atomic E-state index is 13.9. The molecule has 0 unspecified atom stereocenters. The highest BCUT2D eigenvalue weighted by Gasteiger charge is 2.30. The minimum Gasteiger partial charge on any atom is -0.365 e. The number of nitro groups is 1. The Balaban J connectivity index is 1.94. The zero-order chi connectivity index (χ0) is 19.6. The maximum Gasteiger partial charge on any atom is 0.293 e. The Bertz CT molecular complexity index is 959. The molecular formula is C18H20FN3O4S. The number of nitro benzene ring substituents is 1. The molecule has 0 saturated carbocycles. The molecule has 2 aromatic rings. The summed E-state index contributed by atoms with van der Waals surface area (Å²) in [6.07, 6.45) is 1.57. The Labute approximate surface area is 157 Å². The Morgan fingerprint density at radius 1 is 1.19 bits per heavy atom. The van der Waals surface area contributed by atoms with Crippen LogP contribution in [0.5, 0.6) is 0 Å². The van der Waals surface area contributed by atoms with Crippen LogP contribution < -0.4 is 4.90 Å². The van der Waals surface area contributed by atoms with Crippen molar-refractivity contribution in [3.63, 3.8) is 0 Å². The highest BCUT2D eigenvalue weighted by molar-refractivity contribution is 7.89. The number of nitrogens with zero attached hydrogens (tertiary/aromatic N) is 3. The summed E-state index contributed by atoms with van der Waals surface area (Å²) in [6, 6.07) is 10.0. The molecular weight excluding hydrogens is 373 g/mol. The summed E-state index contributed by atoms with van der Waals surface area (Å²) in [7, 11) is -2.15. The number of halogens is 1. The van der Waals surface area contributed by atoms with Crippen LogP contribution in [0.3, 0.4) is 0 Å². The predicted octanol–water partition coefficient (Wildman–Crippen LogP) is 3.15. The molecule has 2 aromatic carbocycles. The fraction of sp³-hybridized carbons (Fsp3) is 0.333. The van der Waals surface area contributed by atoms with Crippen molar-refractivity contribution in [2.24, 2.45) is 0 Å². The zero-order valence-corrected chi connectivity index (χ0v) is 15.7. The molecule has 1 aliphatic rings. The van der Waals surface area contributed by atoms with Crippen molar-refractivity contribution in [3.8, 4) is 0 Å². The van der Waals surface area contributed by atoms with Gasteiger partial charge in [0.15, 0.2) is 0 Å². The van der Waals surface area contributed by atoms with E-state index in [1.54, 1.807) is 25.2 Å². The summed E-state index contributed by atoms with van der Waals surface area (Å²) >= 11 is 0. The molecule has 0 amide bonds. The van der Waals surface area contributed by atoms with Crippen LogP contribution in [0.25, 0.3) is 0 Å². The van der Waals surface area contributed by atoms with Gasteiger partial charge in [-0.3, -0.25) is 10.1 Å². The average Bonchev–Trinajstić information content (AvgIpc) is 3.18. The average molecular weight is 393 g/mol. The summed E-state index contributed by atoms with van der Waals surface area (Å²) in [4.78, 5) is 12.4. The van der Waals surface area contributed by atoms with Gasteiger partial charge < -0.3 is 4.90 Å². The summed E-state index contributed by atoms with van der Waals surface area (Å²) in [5.74, 6) is -0.403. The maximum absolute atomic E-state index is 13.9. The predicted molar refractivity (Wildman–Crippen MR) is 99.6 cm³/mol. The third kappa shape index (κ3) is 3.93. The third-order valence-electron chi connectivity index (χ3n) is 4.62. The first kappa shape index (κ1) is 19.2. The van der Waals surface area contributed by atoms with Crippen molar-refractivity contribution in [2.45, 2.75) is 24.3 Å². The zero-order valence-electron chi connectivity index (χ0n) is 14.8. The van der Waals surface area contributed by atoms with Crippen molar-refractivity contribution in [1.82, 2.24) is 4.31 Å². The minimum absolute atomic E-state index is 0.0980. The van der Waals surface area contributed by atoms with Crippen LogP contribution in [0.4, 0.5) is 15.8 Å². The van der Waals surface area contributed by atoms with Gasteiger partial charge in [0.2, 0.25) is 10.0 Å². The summed E-state index contributed by atoms with van der Waals surface area (Å²) in [5, 5.41) is 11.5. The lowest BCUT2D eigenvalue weighted by Crippen LogP contribution is -2.28. The largest absolute Gasteiger partial charge is 0.365 e. The normalized spacial score (nSPS) is 15.0. The molecule has 0 spiro atoms. The summed E-state index contributed by atoms with van der Waals surface area (Å²) < 4.78 is 40.5. The first-order valence-corrected chi connectivity index (χ1v) is 9.98. The van der Waals surface area contributed by atoms with Gasteiger partial charge in [0, 0.05) is 38.3 Å². The lowest BCUT2D eigenvalue weighted by atomic mass is 10.2. The third-order valence-corrected chi connectivity index (χ3v) is 6.52. The van der Waals surface area contributed by atoms with Gasteiger partial charge in [0.1, 0.15) is 11.5 Å². The van der Waals surface area contributed by atoms with E-state index in [1.165, 1.54) is 27.4 Å². The van der Waals surface area contributed by atoms with Gasteiger partial charge in [-0.2, -0.15) is 4.31 Å². The smallest absolute Gasteiger partial charge is 0.293 e. The van der Waals surface area contributed by atoms with E-state index in [2.05, 4.69) is 0 Å². The molecule has 1 saturated heterocycles. The number of hydrogen-bond acceptors (Lipinski definition) is 5. The van der Waals surface area contributed by atoms with E-state index in [9.17, 15) is 22.9 Å². The van der Waals surface area contributed by atoms with Gasteiger partial charge in [0.05, 0.1) is 9.82 Å². The van der Waals surface area contributed by atoms with Crippen molar-refractivity contribution in [2.75, 3.05) is 25.0 Å². The van der Waals surface area contributed by atoms with E-state index in [0.29, 0.717) is 18.7 Å². The van der Waals surface area contributed by atoms with Crippen LogP contribution in [-0.2, 0) is 16.6 Å². The first-order valence-electron chi connectivity index (χ1n) is 8.54. The lowest BCUT2D eigenvalue weighted by Gasteiger charge is -2.21. The summed E-state index contributed by atoms with van der Waals surface area (Å²) in [6.45, 7) is 0.960. The molecule has 0 atom stereocenters. The van der Waals surface area contributed by atoms with Crippen LogP contribution in [0.15, 0.2) is 47.4 Å². The van der Waals surface area contributed by atoms with E-state index in [1.807, 2.05) is 0 Å². The van der Waals surface area contributed by atoms with Gasteiger partial charge >= 0.3 is 0 Å². The van der Waals surface area contributed by atoms with E-state index < -0.39 is 20.8 Å². The molecule has 3 rings (SSSR count). The van der Waals surface area contributed by atoms with Gasteiger partial charge in [0.25, 0.3) is 5.69 Å². The number of benzene rings is 2. The SMILES string of the molecule is CN(Cc1ccccc1F)c1ccc(S(=O)(=O)N2CCCC2)cc1[N+](=O)[O-]. The molecule has 7 nitrogen and oxygen atoms in total. The number of sulfonamides is 1. The van der Waals surface area contributed by atoms with Gasteiger partial charge in [-0.25, -0.2) is 12.8 Å². The second kappa shape index (κ2) is 7.61. The van der Waals surface area contributed by atoms with Crippen LogP contribution in [0, 0.1) is 15.9 Å². The molecule has 0 N–H and O–H groups in total. The number of anilines is 1. The van der Waals surface area contributed by atoms with Crippen LogP contribution in [-0.4, -0.2) is 37.8 Å². The molecule has 0 aliphatic carbocycles. The van der Waals surface area contributed by atoms with Gasteiger partial charge in [-0.15, -0.1) is 0 Å². The van der Waals surface area contributed by atoms with E-state index in [0.717, 1.165) is 18.9 Å². The lowest BCUT2D eigenvalue weighted by molar-refractivity contribution is -0.384. The van der Waals surface area contributed by atoms with Gasteiger partial charge in [-0.1, -0.05) is 18.2 Å². The number of rotatable bonds is 6. The first-order chi connectivity index (χ1) is 12.8. The van der Waals surface area contributed by atoms with Crippen LogP contribution in [0.2, 0.25) is 0 Å². The second-order valence-electron chi connectivity index (χ2n) is 6.47. The van der Waals surface area contributed by atoms with E-state index >= 15 is 0 Å². The topological polar surface area (TPSA) is 83.8 Å². The van der Waals surface area contributed by atoms with Crippen molar-refractivity contribution in [3.05, 3.63) is 64.0 Å². The molecule has 1 aliphatic heterocycles. The minimum atomic E-state index is -3.75. The fourth-order valence-electron chi connectivity index (χ4n) is 3.18. The standard InChI is InChI=1S/C18H20FN3O4S/c1-20(13-14-6-2-3-7-16(14)19)17-9-8-15(12-18(17)22(23)24)27(25,26)21-10-4-5-11-21/h2-3,6-9,12H,4-5,10-11,13H2,1H3. The molecule has 1 heterocycles. The van der Waals surface area contributed by atoms with Gasteiger partial charge in [-0.05, 0) is 31.0 Å². The Morgan fingerprint density at radius 2 is 1.85 bits per heavy atom. The molecule has 144 valence electrons. The molecule has 27 heavy (non-hydrogen) atoms.